The average Bonchev–Trinajstić information content (AvgIpc) is 2.66. The Labute approximate surface area is 170 Å². The summed E-state index contributed by atoms with van der Waals surface area (Å²) in [5, 5.41) is 7.05. The molecule has 0 fully saturated rings. The van der Waals surface area contributed by atoms with Crippen LogP contribution in [0.15, 0.2) is 42.5 Å². The summed E-state index contributed by atoms with van der Waals surface area (Å²) >= 11 is 11.4. The van der Waals surface area contributed by atoms with Crippen LogP contribution < -0.4 is 15.4 Å². The third-order valence-electron chi connectivity index (χ3n) is 3.81. The van der Waals surface area contributed by atoms with Crippen molar-refractivity contribution in [1.82, 2.24) is 5.32 Å². The number of anilines is 1. The van der Waals surface area contributed by atoms with E-state index in [2.05, 4.69) is 22.8 Å². The van der Waals surface area contributed by atoms with Gasteiger partial charge in [-0.2, -0.15) is 0 Å². The maximum atomic E-state index is 11.8. The van der Waals surface area contributed by atoms with Gasteiger partial charge in [-0.25, -0.2) is 4.79 Å². The molecule has 0 aliphatic heterocycles. The highest BCUT2D eigenvalue weighted by atomic mass is 35.5. The van der Waals surface area contributed by atoms with Crippen molar-refractivity contribution < 1.29 is 14.3 Å². The molecule has 0 heterocycles. The first-order valence-corrected chi connectivity index (χ1v) is 9.46. The molecule has 2 aromatic carbocycles. The van der Waals surface area contributed by atoms with Crippen molar-refractivity contribution in [3.8, 4) is 5.75 Å². The Balaban J connectivity index is 1.76. The van der Waals surface area contributed by atoms with Gasteiger partial charge in [0.2, 0.25) is 0 Å². The van der Waals surface area contributed by atoms with Gasteiger partial charge in [-0.3, -0.25) is 0 Å². The second-order valence-electron chi connectivity index (χ2n) is 5.75. The molecule has 2 N–H and O–H groups in total. The maximum absolute atomic E-state index is 11.8. The fraction of sp³-hybridized carbons (Fsp3) is 0.300. The summed E-state index contributed by atoms with van der Waals surface area (Å²) in [6.07, 6.45) is 1.89. The molecule has 0 saturated carbocycles. The zero-order chi connectivity index (χ0) is 19.6. The van der Waals surface area contributed by atoms with E-state index in [1.54, 1.807) is 32.2 Å². The van der Waals surface area contributed by atoms with Crippen molar-refractivity contribution in [3.05, 3.63) is 58.6 Å². The highest BCUT2D eigenvalue weighted by Gasteiger charge is 2.12. The number of aryl methyl sites for hydroxylation is 1. The van der Waals surface area contributed by atoms with E-state index in [0.717, 1.165) is 25.1 Å². The molecular formula is C20H23ClN2O3S. The molecule has 2 rings (SSSR count). The van der Waals surface area contributed by atoms with Gasteiger partial charge in [0.15, 0.2) is 5.11 Å². The van der Waals surface area contributed by atoms with E-state index in [9.17, 15) is 4.79 Å². The Kier molecular flexibility index (Phi) is 8.36. The molecule has 0 aliphatic carbocycles. The molecule has 144 valence electrons. The Morgan fingerprint density at radius 1 is 1.19 bits per heavy atom. The minimum atomic E-state index is -0.437. The molecule has 0 atom stereocenters. The molecule has 0 saturated heterocycles. The standard InChI is InChI=1S/C20H23ClN2O3S/c1-3-26-19(24)17-11-8-15(13-18(17)21)23-20(27)22-12-4-5-14-6-9-16(25-2)10-7-14/h6-11,13H,3-5,12H2,1-2H3,(H2,22,23,27). The van der Waals surface area contributed by atoms with Crippen molar-refractivity contribution in [3.63, 3.8) is 0 Å². The molecular weight excluding hydrogens is 384 g/mol. The number of ether oxygens (including phenoxy) is 2. The number of carbonyl (C=O) groups excluding carboxylic acids is 1. The second-order valence-corrected chi connectivity index (χ2v) is 6.56. The van der Waals surface area contributed by atoms with E-state index in [4.69, 9.17) is 33.3 Å². The lowest BCUT2D eigenvalue weighted by molar-refractivity contribution is 0.0526. The normalized spacial score (nSPS) is 10.2. The third kappa shape index (κ3) is 6.73. The van der Waals surface area contributed by atoms with Crippen LogP contribution in [0.1, 0.15) is 29.3 Å². The van der Waals surface area contributed by atoms with E-state index in [1.165, 1.54) is 5.56 Å². The molecule has 27 heavy (non-hydrogen) atoms. The number of carbonyl (C=O) groups is 1. The SMILES string of the molecule is CCOC(=O)c1ccc(NC(=S)NCCCc2ccc(OC)cc2)cc1Cl. The van der Waals surface area contributed by atoms with Gasteiger partial charge in [0.1, 0.15) is 5.75 Å². The quantitative estimate of drug-likeness (QED) is 0.384. The number of hydrogen-bond donors (Lipinski definition) is 2. The first kappa shape index (κ1) is 21.0. The predicted molar refractivity (Wildman–Crippen MR) is 113 cm³/mol. The van der Waals surface area contributed by atoms with Gasteiger partial charge in [-0.1, -0.05) is 23.7 Å². The molecule has 5 nitrogen and oxygen atoms in total. The molecule has 2 aromatic rings. The first-order valence-electron chi connectivity index (χ1n) is 8.68. The van der Waals surface area contributed by atoms with Crippen LogP contribution in [0.4, 0.5) is 5.69 Å². The summed E-state index contributed by atoms with van der Waals surface area (Å²) in [7, 11) is 1.66. The lowest BCUT2D eigenvalue weighted by Crippen LogP contribution is -2.29. The zero-order valence-corrected chi connectivity index (χ0v) is 17.0. The smallest absolute Gasteiger partial charge is 0.339 e. The van der Waals surface area contributed by atoms with Gasteiger partial charge < -0.3 is 20.1 Å². The van der Waals surface area contributed by atoms with Crippen LogP contribution in [0.25, 0.3) is 0 Å². The Morgan fingerprint density at radius 3 is 2.56 bits per heavy atom. The molecule has 0 unspecified atom stereocenters. The minimum Gasteiger partial charge on any atom is -0.497 e. The Bertz CT molecular complexity index is 781. The topological polar surface area (TPSA) is 59.6 Å². The molecule has 7 heteroatoms. The van der Waals surface area contributed by atoms with Crippen LogP contribution in [-0.2, 0) is 11.2 Å². The van der Waals surface area contributed by atoms with E-state index >= 15 is 0 Å². The minimum absolute atomic E-state index is 0.305. The number of nitrogens with one attached hydrogen (secondary N) is 2. The molecule has 0 spiro atoms. The van der Waals surface area contributed by atoms with Gasteiger partial charge in [-0.05, 0) is 67.9 Å². The number of benzene rings is 2. The van der Waals surface area contributed by atoms with Crippen LogP contribution in [0.2, 0.25) is 5.02 Å². The van der Waals surface area contributed by atoms with E-state index in [-0.39, 0.29) is 0 Å². The van der Waals surface area contributed by atoms with Crippen LogP contribution in [0.5, 0.6) is 5.75 Å². The highest BCUT2D eigenvalue weighted by molar-refractivity contribution is 7.80. The van der Waals surface area contributed by atoms with Crippen LogP contribution in [0, 0.1) is 0 Å². The molecule has 0 radical (unpaired) electrons. The monoisotopic (exact) mass is 406 g/mol. The van der Waals surface area contributed by atoms with Crippen molar-refractivity contribution in [2.75, 3.05) is 25.6 Å². The molecule has 0 bridgehead atoms. The summed E-state index contributed by atoms with van der Waals surface area (Å²) in [5.41, 5.74) is 2.29. The summed E-state index contributed by atoms with van der Waals surface area (Å²) in [6, 6.07) is 13.0. The second kappa shape index (κ2) is 10.7. The van der Waals surface area contributed by atoms with Crippen molar-refractivity contribution in [2.45, 2.75) is 19.8 Å². The summed E-state index contributed by atoms with van der Waals surface area (Å²) in [4.78, 5) is 11.8. The van der Waals surface area contributed by atoms with Crippen molar-refractivity contribution >= 4 is 40.6 Å². The summed E-state index contributed by atoms with van der Waals surface area (Å²) in [5.74, 6) is 0.420. The van der Waals surface area contributed by atoms with Crippen molar-refractivity contribution in [1.29, 1.82) is 0 Å². The van der Waals surface area contributed by atoms with Gasteiger partial charge in [0.05, 0.1) is 24.3 Å². The molecule has 0 amide bonds. The summed E-state index contributed by atoms with van der Waals surface area (Å²) < 4.78 is 10.1. The van der Waals surface area contributed by atoms with Crippen LogP contribution >= 0.6 is 23.8 Å². The van der Waals surface area contributed by atoms with Gasteiger partial charge in [0, 0.05) is 12.2 Å². The number of halogens is 1. The lowest BCUT2D eigenvalue weighted by Gasteiger charge is -2.12. The molecule has 0 aromatic heterocycles. The van der Waals surface area contributed by atoms with E-state index in [0.29, 0.717) is 28.0 Å². The Hall–Kier alpha value is -2.31. The molecule has 0 aliphatic rings. The summed E-state index contributed by atoms with van der Waals surface area (Å²) in [6.45, 7) is 2.80. The van der Waals surface area contributed by atoms with Crippen molar-refractivity contribution in [2.24, 2.45) is 0 Å². The van der Waals surface area contributed by atoms with E-state index in [1.807, 2.05) is 12.1 Å². The maximum Gasteiger partial charge on any atom is 0.339 e. The largest absolute Gasteiger partial charge is 0.497 e. The van der Waals surface area contributed by atoms with Crippen LogP contribution in [-0.4, -0.2) is 31.3 Å². The number of methoxy groups -OCH3 is 1. The van der Waals surface area contributed by atoms with Gasteiger partial charge >= 0.3 is 5.97 Å². The van der Waals surface area contributed by atoms with Crippen LogP contribution in [0.3, 0.4) is 0 Å². The fourth-order valence-electron chi connectivity index (χ4n) is 2.43. The van der Waals surface area contributed by atoms with Gasteiger partial charge in [0.25, 0.3) is 0 Å². The first-order chi connectivity index (χ1) is 13.0. The third-order valence-corrected chi connectivity index (χ3v) is 4.37. The number of rotatable bonds is 8. The lowest BCUT2D eigenvalue weighted by atomic mass is 10.1. The average molecular weight is 407 g/mol. The zero-order valence-electron chi connectivity index (χ0n) is 15.4. The number of thiocarbonyl (C=S) groups is 1. The highest BCUT2D eigenvalue weighted by Crippen LogP contribution is 2.22. The predicted octanol–water partition coefficient (Wildman–Crippen LogP) is 4.44. The number of hydrogen-bond acceptors (Lipinski definition) is 4. The fourth-order valence-corrected chi connectivity index (χ4v) is 2.91. The number of esters is 1. The van der Waals surface area contributed by atoms with Gasteiger partial charge in [-0.15, -0.1) is 0 Å². The Morgan fingerprint density at radius 2 is 1.93 bits per heavy atom. The van der Waals surface area contributed by atoms with E-state index < -0.39 is 5.97 Å².